The molecule has 0 bridgehead atoms. The smallest absolute Gasteiger partial charge is 0.0445 e. The lowest BCUT2D eigenvalue weighted by Crippen LogP contribution is -2.20. The molecule has 0 aliphatic rings. The monoisotopic (exact) mass is 351 g/mol. The second kappa shape index (κ2) is 11.1. The van der Waals surface area contributed by atoms with Crippen molar-refractivity contribution in [2.75, 3.05) is 11.4 Å². The van der Waals surface area contributed by atoms with E-state index in [1.807, 2.05) is 0 Å². The Kier molecular flexibility index (Phi) is 8.74. The normalized spacial score (nSPS) is 11.1. The Bertz CT molecular complexity index is 630. The maximum absolute atomic E-state index is 2.54. The molecule has 0 heterocycles. The van der Waals surface area contributed by atoms with Gasteiger partial charge >= 0.3 is 0 Å². The maximum atomic E-state index is 2.54. The Labute approximate surface area is 161 Å². The van der Waals surface area contributed by atoms with E-state index in [0.29, 0.717) is 0 Å². The lowest BCUT2D eigenvalue weighted by molar-refractivity contribution is 0.521. The summed E-state index contributed by atoms with van der Waals surface area (Å²) in [5.41, 5.74) is 5.72. The van der Waals surface area contributed by atoms with Crippen LogP contribution < -0.4 is 4.90 Å². The molecular weight excluding hydrogens is 314 g/mol. The van der Waals surface area contributed by atoms with Crippen molar-refractivity contribution >= 4 is 11.4 Å². The number of para-hydroxylation sites is 1. The molecule has 0 saturated heterocycles. The van der Waals surface area contributed by atoms with Gasteiger partial charge in [-0.25, -0.2) is 0 Å². The van der Waals surface area contributed by atoms with E-state index in [4.69, 9.17) is 0 Å². The van der Waals surface area contributed by atoms with Gasteiger partial charge in [-0.1, -0.05) is 83.7 Å². The first-order valence-electron chi connectivity index (χ1n) is 10.6. The van der Waals surface area contributed by atoms with Gasteiger partial charge in [0.15, 0.2) is 0 Å². The number of rotatable bonds is 11. The minimum Gasteiger partial charge on any atom is -0.341 e. The molecule has 0 fully saturated rings. The van der Waals surface area contributed by atoms with E-state index >= 15 is 0 Å². The molecule has 2 aromatic carbocycles. The van der Waals surface area contributed by atoms with Crippen LogP contribution in [-0.4, -0.2) is 6.54 Å². The maximum Gasteiger partial charge on any atom is 0.0445 e. The van der Waals surface area contributed by atoms with Gasteiger partial charge in [-0.3, -0.25) is 0 Å². The summed E-state index contributed by atoms with van der Waals surface area (Å²) in [6.07, 6.45) is 8.87. The first-order valence-corrected chi connectivity index (χ1v) is 10.6. The number of aryl methyl sites for hydroxylation is 1. The molecule has 2 aromatic rings. The van der Waals surface area contributed by atoms with Crippen molar-refractivity contribution in [3.8, 4) is 0 Å². The van der Waals surface area contributed by atoms with Crippen LogP contribution in [0.1, 0.15) is 70.9 Å². The second-order valence-electron chi connectivity index (χ2n) is 7.71. The zero-order valence-corrected chi connectivity index (χ0v) is 17.3. The minimum atomic E-state index is 0.833. The number of unbranched alkanes of at least 4 members (excludes halogenated alkanes) is 3. The fraction of sp³-hybridized carbons (Fsp3) is 0.520. The Balaban J connectivity index is 2.13. The van der Waals surface area contributed by atoms with E-state index in [-0.39, 0.29) is 0 Å². The third-order valence-corrected chi connectivity index (χ3v) is 5.25. The zero-order valence-electron chi connectivity index (χ0n) is 17.3. The summed E-state index contributed by atoms with van der Waals surface area (Å²) in [7, 11) is 0. The molecule has 2 rings (SSSR count). The predicted molar refractivity (Wildman–Crippen MR) is 117 cm³/mol. The van der Waals surface area contributed by atoms with E-state index < -0.39 is 0 Å². The molecule has 1 nitrogen and oxygen atoms in total. The zero-order chi connectivity index (χ0) is 18.8. The summed E-state index contributed by atoms with van der Waals surface area (Å²) in [6, 6.07) is 17.7. The number of nitrogens with zero attached hydrogens (tertiary/aromatic N) is 1. The first-order chi connectivity index (χ1) is 12.7. The van der Waals surface area contributed by atoms with Gasteiger partial charge < -0.3 is 4.90 Å². The Morgan fingerprint density at radius 1 is 0.769 bits per heavy atom. The van der Waals surface area contributed by atoms with Crippen LogP contribution in [-0.2, 0) is 12.8 Å². The lowest BCUT2D eigenvalue weighted by atomic mass is 9.99. The summed E-state index contributed by atoms with van der Waals surface area (Å²) in [4.78, 5) is 2.54. The van der Waals surface area contributed by atoms with Crippen LogP contribution in [0.3, 0.4) is 0 Å². The molecule has 0 radical (unpaired) electrons. The lowest BCUT2D eigenvalue weighted by Gasteiger charge is -2.28. The average Bonchev–Trinajstić information content (AvgIpc) is 2.67. The number of benzene rings is 2. The Morgan fingerprint density at radius 3 is 2.15 bits per heavy atom. The summed E-state index contributed by atoms with van der Waals surface area (Å²) >= 11 is 0. The fourth-order valence-electron chi connectivity index (χ4n) is 3.79. The molecule has 142 valence electrons. The molecular formula is C25H37N. The van der Waals surface area contributed by atoms with E-state index in [1.54, 1.807) is 0 Å². The van der Waals surface area contributed by atoms with Crippen LogP contribution in [0.25, 0.3) is 0 Å². The largest absolute Gasteiger partial charge is 0.341 e. The SMILES string of the molecule is CCc1cccc(N(CCCCCCC(C)C)c2ccccc2)c1CC. The Morgan fingerprint density at radius 2 is 1.50 bits per heavy atom. The number of hydrogen-bond acceptors (Lipinski definition) is 1. The van der Waals surface area contributed by atoms with E-state index in [2.05, 4.69) is 81.1 Å². The second-order valence-corrected chi connectivity index (χ2v) is 7.71. The number of hydrogen-bond donors (Lipinski definition) is 0. The molecule has 0 spiro atoms. The van der Waals surface area contributed by atoms with Gasteiger partial charge in [0.2, 0.25) is 0 Å². The predicted octanol–water partition coefficient (Wildman–Crippen LogP) is 7.56. The van der Waals surface area contributed by atoms with Gasteiger partial charge in [0.25, 0.3) is 0 Å². The highest BCUT2D eigenvalue weighted by molar-refractivity contribution is 5.67. The van der Waals surface area contributed by atoms with Gasteiger partial charge in [-0.15, -0.1) is 0 Å². The van der Waals surface area contributed by atoms with E-state index in [1.165, 1.54) is 54.6 Å². The van der Waals surface area contributed by atoms with Gasteiger partial charge in [0.1, 0.15) is 0 Å². The van der Waals surface area contributed by atoms with Gasteiger partial charge in [-0.2, -0.15) is 0 Å². The van der Waals surface area contributed by atoms with Crippen molar-refractivity contribution in [2.24, 2.45) is 5.92 Å². The van der Waals surface area contributed by atoms with Crippen molar-refractivity contribution in [1.29, 1.82) is 0 Å². The summed E-state index contributed by atoms with van der Waals surface area (Å²) in [5.74, 6) is 0.833. The molecule has 0 aliphatic heterocycles. The average molecular weight is 352 g/mol. The van der Waals surface area contributed by atoms with Gasteiger partial charge in [0, 0.05) is 17.9 Å². The third-order valence-electron chi connectivity index (χ3n) is 5.25. The minimum absolute atomic E-state index is 0.833. The highest BCUT2D eigenvalue weighted by Crippen LogP contribution is 2.31. The quantitative estimate of drug-likeness (QED) is 0.378. The molecule has 1 heteroatoms. The fourth-order valence-corrected chi connectivity index (χ4v) is 3.79. The van der Waals surface area contributed by atoms with Crippen molar-refractivity contribution < 1.29 is 0 Å². The van der Waals surface area contributed by atoms with Gasteiger partial charge in [-0.05, 0) is 54.5 Å². The van der Waals surface area contributed by atoms with Crippen LogP contribution in [0.5, 0.6) is 0 Å². The topological polar surface area (TPSA) is 3.24 Å². The molecule has 0 aromatic heterocycles. The van der Waals surface area contributed by atoms with Crippen LogP contribution in [0.2, 0.25) is 0 Å². The van der Waals surface area contributed by atoms with Crippen LogP contribution in [0.15, 0.2) is 48.5 Å². The Hall–Kier alpha value is -1.76. The molecule has 0 unspecified atom stereocenters. The summed E-state index contributed by atoms with van der Waals surface area (Å²) in [5, 5.41) is 0. The molecule has 0 amide bonds. The number of anilines is 2. The molecule has 0 saturated carbocycles. The molecule has 0 atom stereocenters. The van der Waals surface area contributed by atoms with Crippen LogP contribution >= 0.6 is 0 Å². The van der Waals surface area contributed by atoms with E-state index in [9.17, 15) is 0 Å². The van der Waals surface area contributed by atoms with Crippen molar-refractivity contribution in [3.05, 3.63) is 59.7 Å². The molecule has 26 heavy (non-hydrogen) atoms. The van der Waals surface area contributed by atoms with Gasteiger partial charge in [0.05, 0.1) is 0 Å². The first kappa shape index (κ1) is 20.6. The standard InChI is InChI=1S/C25H37N/c1-5-22-16-14-19-25(24(22)6-2)26(23-17-11-9-12-18-23)20-13-8-7-10-15-21(3)4/h9,11-12,14,16-19,21H,5-8,10,13,15,20H2,1-4H3. The molecule has 0 N–H and O–H groups in total. The highest BCUT2D eigenvalue weighted by atomic mass is 15.1. The highest BCUT2D eigenvalue weighted by Gasteiger charge is 2.14. The third kappa shape index (κ3) is 5.90. The summed E-state index contributed by atoms with van der Waals surface area (Å²) in [6.45, 7) is 10.3. The van der Waals surface area contributed by atoms with Crippen molar-refractivity contribution in [3.63, 3.8) is 0 Å². The van der Waals surface area contributed by atoms with Crippen LogP contribution in [0.4, 0.5) is 11.4 Å². The van der Waals surface area contributed by atoms with Crippen LogP contribution in [0, 0.1) is 5.92 Å². The molecule has 0 aliphatic carbocycles. The van der Waals surface area contributed by atoms with Crippen molar-refractivity contribution in [1.82, 2.24) is 0 Å². The van der Waals surface area contributed by atoms with E-state index in [0.717, 1.165) is 25.3 Å². The summed E-state index contributed by atoms with van der Waals surface area (Å²) < 4.78 is 0. The van der Waals surface area contributed by atoms with Crippen molar-refractivity contribution in [2.45, 2.75) is 72.6 Å².